The number of aromatic nitrogens is 3. The van der Waals surface area contributed by atoms with E-state index in [0.29, 0.717) is 16.8 Å². The molecule has 0 aliphatic heterocycles. The van der Waals surface area contributed by atoms with Gasteiger partial charge in [0.2, 0.25) is 0 Å². The number of imidazole rings is 1. The summed E-state index contributed by atoms with van der Waals surface area (Å²) in [6.07, 6.45) is -4.27. The van der Waals surface area contributed by atoms with E-state index < -0.39 is 35.0 Å². The van der Waals surface area contributed by atoms with Crippen molar-refractivity contribution in [2.45, 2.75) is 19.2 Å². The minimum Gasteiger partial charge on any atom is -0.389 e. The zero-order valence-corrected chi connectivity index (χ0v) is 15.5. The van der Waals surface area contributed by atoms with Gasteiger partial charge in [-0.05, 0) is 36.8 Å². The zero-order chi connectivity index (χ0) is 21.6. The summed E-state index contributed by atoms with van der Waals surface area (Å²) in [7, 11) is 0. The van der Waals surface area contributed by atoms with Crippen molar-refractivity contribution in [3.8, 4) is 11.5 Å². The molecule has 2 heterocycles. The van der Waals surface area contributed by atoms with Crippen molar-refractivity contribution < 1.29 is 27.5 Å². The number of aromatic amines is 2. The van der Waals surface area contributed by atoms with Crippen LogP contribution >= 0.6 is 0 Å². The highest BCUT2D eigenvalue weighted by atomic mass is 19.4. The number of aliphatic hydroxyl groups excluding tert-OH is 1. The first-order valence-electron chi connectivity index (χ1n) is 8.92. The van der Waals surface area contributed by atoms with Gasteiger partial charge in [-0.1, -0.05) is 18.2 Å². The van der Waals surface area contributed by atoms with E-state index in [9.17, 15) is 27.5 Å². The summed E-state index contributed by atoms with van der Waals surface area (Å²) < 4.78 is 53.9. The first kappa shape index (κ1) is 19.8. The highest BCUT2D eigenvalue weighted by Crippen LogP contribution is 2.33. The third-order valence-corrected chi connectivity index (χ3v) is 4.72. The number of nitrogens with zero attached hydrogens (tertiary/aromatic N) is 1. The summed E-state index contributed by atoms with van der Waals surface area (Å²) in [6.45, 7) is 1.50. The van der Waals surface area contributed by atoms with E-state index in [1.165, 1.54) is 37.4 Å². The van der Waals surface area contributed by atoms with Gasteiger partial charge >= 0.3 is 6.18 Å². The Bertz CT molecular complexity index is 1250. The second-order valence-corrected chi connectivity index (χ2v) is 6.83. The summed E-state index contributed by atoms with van der Waals surface area (Å²) in [5.74, 6) is -1.23. The van der Waals surface area contributed by atoms with Crippen molar-refractivity contribution >= 4 is 16.8 Å². The Morgan fingerprint density at radius 3 is 2.60 bits per heavy atom. The van der Waals surface area contributed by atoms with Crippen LogP contribution in [0.15, 0.2) is 48.7 Å². The van der Waals surface area contributed by atoms with Crippen LogP contribution in [0.4, 0.5) is 17.6 Å². The summed E-state index contributed by atoms with van der Waals surface area (Å²) in [4.78, 5) is 22.5. The van der Waals surface area contributed by atoms with Crippen molar-refractivity contribution in [1.82, 2.24) is 15.0 Å². The molecule has 9 heteroatoms. The Morgan fingerprint density at radius 1 is 1.17 bits per heavy atom. The summed E-state index contributed by atoms with van der Waals surface area (Å²) in [5.41, 5.74) is -0.433. The minimum atomic E-state index is -4.66. The van der Waals surface area contributed by atoms with Crippen LogP contribution in [-0.4, -0.2) is 25.8 Å². The molecule has 2 aromatic heterocycles. The number of benzene rings is 2. The predicted molar refractivity (Wildman–Crippen MR) is 101 cm³/mol. The van der Waals surface area contributed by atoms with Crippen LogP contribution in [0.5, 0.6) is 0 Å². The van der Waals surface area contributed by atoms with Crippen molar-refractivity contribution in [1.29, 1.82) is 0 Å². The molecule has 2 aromatic carbocycles. The topological polar surface area (TPSA) is 81.8 Å². The molecule has 4 rings (SSSR count). The Hall–Kier alpha value is -3.46. The standard InChI is InChI=1S/C21H15F4N3O2/c1-10(29)11-6-15(22)18-16(7-11)27-20(28-18)17-8-12(9-26-17)19(30)13-4-2-3-5-14(13)21(23,24)25/h2-10,26,29H,1H3,(H,27,28)/t10-/m0/s1. The average Bonchev–Trinajstić information content (AvgIpc) is 3.34. The van der Waals surface area contributed by atoms with Gasteiger partial charge in [0.15, 0.2) is 17.4 Å². The van der Waals surface area contributed by atoms with E-state index in [4.69, 9.17) is 0 Å². The maximum absolute atomic E-state index is 14.3. The maximum Gasteiger partial charge on any atom is 0.417 e. The number of halogens is 4. The number of hydrogen-bond acceptors (Lipinski definition) is 3. The fraction of sp³-hybridized carbons (Fsp3) is 0.143. The first-order chi connectivity index (χ1) is 14.1. The number of H-pyrrole nitrogens is 2. The van der Waals surface area contributed by atoms with Gasteiger partial charge in [0.25, 0.3) is 0 Å². The van der Waals surface area contributed by atoms with Gasteiger partial charge in [0.05, 0.1) is 22.9 Å². The second-order valence-electron chi connectivity index (χ2n) is 6.83. The smallest absolute Gasteiger partial charge is 0.389 e. The maximum atomic E-state index is 14.3. The molecule has 0 aliphatic carbocycles. The molecule has 4 aromatic rings. The van der Waals surface area contributed by atoms with Gasteiger partial charge in [0.1, 0.15) is 5.52 Å². The molecule has 0 radical (unpaired) electrons. The molecule has 0 amide bonds. The van der Waals surface area contributed by atoms with Gasteiger partial charge in [-0.3, -0.25) is 4.79 Å². The molecule has 0 fully saturated rings. The van der Waals surface area contributed by atoms with Crippen molar-refractivity contribution in [2.75, 3.05) is 0 Å². The first-order valence-corrected chi connectivity index (χ1v) is 8.92. The Kier molecular flexibility index (Phi) is 4.70. The van der Waals surface area contributed by atoms with Crippen LogP contribution < -0.4 is 0 Å². The van der Waals surface area contributed by atoms with E-state index in [1.807, 2.05) is 0 Å². The van der Waals surface area contributed by atoms with Crippen LogP contribution in [0.2, 0.25) is 0 Å². The average molecular weight is 417 g/mol. The van der Waals surface area contributed by atoms with Crippen LogP contribution in [0.25, 0.3) is 22.6 Å². The molecule has 0 bridgehead atoms. The molecule has 0 spiro atoms. The van der Waals surface area contributed by atoms with E-state index in [1.54, 1.807) is 6.07 Å². The Morgan fingerprint density at radius 2 is 1.90 bits per heavy atom. The number of carbonyl (C=O) groups excluding carboxylic acids is 1. The van der Waals surface area contributed by atoms with Gasteiger partial charge in [-0.25, -0.2) is 9.37 Å². The summed E-state index contributed by atoms with van der Waals surface area (Å²) in [5, 5.41) is 9.66. The van der Waals surface area contributed by atoms with E-state index in [0.717, 1.165) is 12.1 Å². The summed E-state index contributed by atoms with van der Waals surface area (Å²) in [6, 6.07) is 8.61. The van der Waals surface area contributed by atoms with Crippen LogP contribution in [-0.2, 0) is 6.18 Å². The Balaban J connectivity index is 1.72. The summed E-state index contributed by atoms with van der Waals surface area (Å²) >= 11 is 0. The molecule has 0 saturated carbocycles. The number of nitrogens with one attached hydrogen (secondary N) is 2. The van der Waals surface area contributed by atoms with Crippen molar-refractivity contribution in [2.24, 2.45) is 0 Å². The molecule has 0 aliphatic rings. The van der Waals surface area contributed by atoms with Gasteiger partial charge in [-0.15, -0.1) is 0 Å². The number of rotatable bonds is 4. The Labute approximate surface area is 167 Å². The fourth-order valence-corrected chi connectivity index (χ4v) is 3.21. The number of fused-ring (bicyclic) bond motifs is 1. The quantitative estimate of drug-likeness (QED) is 0.323. The van der Waals surface area contributed by atoms with Gasteiger partial charge in [0, 0.05) is 17.3 Å². The molecular weight excluding hydrogens is 402 g/mol. The van der Waals surface area contributed by atoms with E-state index in [-0.39, 0.29) is 16.9 Å². The zero-order valence-electron chi connectivity index (χ0n) is 15.5. The molecule has 3 N–H and O–H groups in total. The lowest BCUT2D eigenvalue weighted by Gasteiger charge is -2.10. The largest absolute Gasteiger partial charge is 0.417 e. The lowest BCUT2D eigenvalue weighted by atomic mass is 9.99. The molecule has 154 valence electrons. The van der Waals surface area contributed by atoms with Gasteiger partial charge < -0.3 is 15.1 Å². The monoisotopic (exact) mass is 417 g/mol. The molecule has 30 heavy (non-hydrogen) atoms. The van der Waals surface area contributed by atoms with Gasteiger partial charge in [-0.2, -0.15) is 13.2 Å². The predicted octanol–water partition coefficient (Wildman–Crippen LogP) is 5.00. The molecule has 0 saturated heterocycles. The second kappa shape index (κ2) is 7.10. The number of ketones is 1. The third kappa shape index (κ3) is 3.48. The lowest BCUT2D eigenvalue weighted by Crippen LogP contribution is -2.13. The lowest BCUT2D eigenvalue weighted by molar-refractivity contribution is -0.137. The van der Waals surface area contributed by atoms with E-state index in [2.05, 4.69) is 15.0 Å². The third-order valence-electron chi connectivity index (χ3n) is 4.72. The van der Waals surface area contributed by atoms with E-state index >= 15 is 0 Å². The normalized spacial score (nSPS) is 13.0. The fourth-order valence-electron chi connectivity index (χ4n) is 3.21. The molecular formula is C21H15F4N3O2. The number of hydrogen-bond donors (Lipinski definition) is 3. The van der Waals surface area contributed by atoms with Crippen molar-refractivity contribution in [3.05, 3.63) is 76.7 Å². The van der Waals surface area contributed by atoms with Crippen molar-refractivity contribution in [3.63, 3.8) is 0 Å². The number of carbonyl (C=O) groups is 1. The minimum absolute atomic E-state index is 0.00676. The SMILES string of the molecule is C[C@H](O)c1cc(F)c2nc(-c3cc(C(=O)c4ccccc4C(F)(F)F)c[nH]3)[nH]c2c1. The molecule has 5 nitrogen and oxygen atoms in total. The van der Waals surface area contributed by atoms with Crippen LogP contribution in [0.3, 0.4) is 0 Å². The number of aliphatic hydroxyl groups is 1. The number of alkyl halides is 3. The molecule has 1 atom stereocenters. The van der Waals surface area contributed by atoms with Crippen LogP contribution in [0.1, 0.15) is 40.1 Å². The highest BCUT2D eigenvalue weighted by molar-refractivity contribution is 6.10. The van der Waals surface area contributed by atoms with Crippen LogP contribution in [0, 0.1) is 5.82 Å². The highest BCUT2D eigenvalue weighted by Gasteiger charge is 2.35. The molecule has 0 unspecified atom stereocenters.